The molecule has 0 radical (unpaired) electrons. The van der Waals surface area contributed by atoms with Crippen molar-refractivity contribution in [2.75, 3.05) is 0 Å². The van der Waals surface area contributed by atoms with Gasteiger partial charge in [0.1, 0.15) is 12.4 Å². The summed E-state index contributed by atoms with van der Waals surface area (Å²) < 4.78 is 6.11. The van der Waals surface area contributed by atoms with Gasteiger partial charge in [-0.1, -0.05) is 99.7 Å². The maximum absolute atomic E-state index is 13.7. The Bertz CT molecular complexity index is 1260. The lowest BCUT2D eigenvalue weighted by Crippen LogP contribution is -2.30. The van der Waals surface area contributed by atoms with Gasteiger partial charge in [0.25, 0.3) is 5.91 Å². The van der Waals surface area contributed by atoms with Crippen LogP contribution >= 0.6 is 0 Å². The second kappa shape index (κ2) is 16.0. The van der Waals surface area contributed by atoms with Crippen LogP contribution in [0.4, 0.5) is 0 Å². The van der Waals surface area contributed by atoms with E-state index in [-0.39, 0.29) is 24.8 Å². The van der Waals surface area contributed by atoms with Gasteiger partial charge in [0.2, 0.25) is 0 Å². The normalized spacial score (nSPS) is 11.9. The molecule has 0 saturated heterocycles. The number of ether oxygens (including phenoxy) is 1. The zero-order valence-electron chi connectivity index (χ0n) is 25.5. The number of rotatable bonds is 16. The molecule has 5 heteroatoms. The molecule has 0 heterocycles. The largest absolute Gasteiger partial charge is 0.489 e. The Labute approximate surface area is 246 Å². The molecule has 0 bridgehead atoms. The van der Waals surface area contributed by atoms with E-state index in [1.165, 1.54) is 31.2 Å². The van der Waals surface area contributed by atoms with Gasteiger partial charge in [-0.15, -0.1) is 0 Å². The van der Waals surface area contributed by atoms with Crippen LogP contribution in [0.5, 0.6) is 5.75 Å². The Morgan fingerprint density at radius 2 is 1.54 bits per heavy atom. The average molecular weight is 558 g/mol. The number of carbonyl (C=O) groups is 2. The summed E-state index contributed by atoms with van der Waals surface area (Å²) in [6, 6.07) is 20.2. The molecule has 2 N–H and O–H groups in total. The molecule has 220 valence electrons. The molecule has 3 aromatic rings. The highest BCUT2D eigenvalue weighted by Crippen LogP contribution is 2.26. The molecule has 0 aliphatic carbocycles. The van der Waals surface area contributed by atoms with Gasteiger partial charge in [-0.3, -0.25) is 9.59 Å². The number of carboxylic acid groups (broad SMARTS) is 1. The van der Waals surface area contributed by atoms with E-state index in [1.807, 2.05) is 12.1 Å². The number of aryl methyl sites for hydroxylation is 4. The highest BCUT2D eigenvalue weighted by Gasteiger charge is 2.21. The molecule has 0 aromatic heterocycles. The first kappa shape index (κ1) is 31.9. The highest BCUT2D eigenvalue weighted by molar-refractivity contribution is 5.96. The number of nitrogens with one attached hydrogen (secondary N) is 1. The Balaban J connectivity index is 1.77. The number of aliphatic carboxylic acids is 1. The van der Waals surface area contributed by atoms with Crippen LogP contribution in [0.1, 0.15) is 109 Å². The fourth-order valence-electron chi connectivity index (χ4n) is 5.24. The van der Waals surface area contributed by atoms with E-state index in [4.69, 9.17) is 4.74 Å². The van der Waals surface area contributed by atoms with Crippen LogP contribution in [0.15, 0.2) is 60.7 Å². The Morgan fingerprint density at radius 1 is 0.854 bits per heavy atom. The molecule has 5 nitrogen and oxygen atoms in total. The predicted octanol–water partition coefficient (Wildman–Crippen LogP) is 8.54. The van der Waals surface area contributed by atoms with E-state index in [2.05, 4.69) is 82.4 Å². The zero-order valence-corrected chi connectivity index (χ0v) is 25.5. The molecule has 1 amide bonds. The summed E-state index contributed by atoms with van der Waals surface area (Å²) in [6.45, 7) is 11.0. The first-order valence-corrected chi connectivity index (χ1v) is 15.1. The van der Waals surface area contributed by atoms with E-state index < -0.39 is 5.97 Å². The van der Waals surface area contributed by atoms with Gasteiger partial charge in [-0.2, -0.15) is 0 Å². The molecule has 0 saturated carbocycles. The SMILES string of the molecule is CCCCCCc1ccc(COc2ccc(CCC(=O)O)c(C(=O)NC(CC(C)C)c3cc(C)cc(C)c3)c2)cc1. The van der Waals surface area contributed by atoms with Crippen LogP contribution in [-0.2, 0) is 24.2 Å². The molecule has 1 atom stereocenters. The van der Waals surface area contributed by atoms with Crippen LogP contribution in [0.2, 0.25) is 0 Å². The van der Waals surface area contributed by atoms with Crippen molar-refractivity contribution in [2.24, 2.45) is 5.92 Å². The predicted molar refractivity (Wildman–Crippen MR) is 167 cm³/mol. The van der Waals surface area contributed by atoms with Gasteiger partial charge in [0, 0.05) is 12.0 Å². The monoisotopic (exact) mass is 557 g/mol. The minimum atomic E-state index is -0.890. The topological polar surface area (TPSA) is 75.6 Å². The maximum Gasteiger partial charge on any atom is 0.303 e. The number of hydrogen-bond acceptors (Lipinski definition) is 3. The van der Waals surface area contributed by atoms with E-state index in [0.29, 0.717) is 29.4 Å². The maximum atomic E-state index is 13.7. The molecular weight excluding hydrogens is 510 g/mol. The third-order valence-electron chi connectivity index (χ3n) is 7.34. The van der Waals surface area contributed by atoms with Crippen LogP contribution < -0.4 is 10.1 Å². The number of unbranched alkanes of at least 4 members (excludes halogenated alkanes) is 3. The third kappa shape index (κ3) is 10.7. The van der Waals surface area contributed by atoms with Crippen molar-refractivity contribution in [1.29, 1.82) is 0 Å². The van der Waals surface area contributed by atoms with Crippen LogP contribution in [0.3, 0.4) is 0 Å². The smallest absolute Gasteiger partial charge is 0.303 e. The summed E-state index contributed by atoms with van der Waals surface area (Å²) in [5.74, 6) is -0.138. The molecule has 0 aliphatic heterocycles. The second-order valence-electron chi connectivity index (χ2n) is 11.7. The van der Waals surface area contributed by atoms with Gasteiger partial charge in [0.15, 0.2) is 0 Å². The number of amides is 1. The lowest BCUT2D eigenvalue weighted by atomic mass is 9.93. The molecule has 3 aromatic carbocycles. The minimum absolute atomic E-state index is 0.0439. The number of carboxylic acids is 1. The van der Waals surface area contributed by atoms with Crippen molar-refractivity contribution >= 4 is 11.9 Å². The van der Waals surface area contributed by atoms with Gasteiger partial charge >= 0.3 is 5.97 Å². The van der Waals surface area contributed by atoms with Crippen LogP contribution in [0.25, 0.3) is 0 Å². The molecule has 0 fully saturated rings. The average Bonchev–Trinajstić information content (AvgIpc) is 2.92. The van der Waals surface area contributed by atoms with Crippen molar-refractivity contribution < 1.29 is 19.4 Å². The van der Waals surface area contributed by atoms with Crippen LogP contribution in [0, 0.1) is 19.8 Å². The van der Waals surface area contributed by atoms with Crippen molar-refractivity contribution in [2.45, 2.75) is 98.6 Å². The zero-order chi connectivity index (χ0) is 29.8. The Morgan fingerprint density at radius 3 is 2.17 bits per heavy atom. The fraction of sp³-hybridized carbons (Fsp3) is 0.444. The molecule has 1 unspecified atom stereocenters. The molecule has 3 rings (SSSR count). The minimum Gasteiger partial charge on any atom is -0.489 e. The summed E-state index contributed by atoms with van der Waals surface area (Å²) in [4.78, 5) is 25.0. The van der Waals surface area contributed by atoms with Gasteiger partial charge < -0.3 is 15.2 Å². The summed E-state index contributed by atoms with van der Waals surface area (Å²) in [5, 5.41) is 12.5. The van der Waals surface area contributed by atoms with E-state index in [0.717, 1.165) is 35.1 Å². The summed E-state index contributed by atoms with van der Waals surface area (Å²) in [5.41, 5.74) is 6.96. The van der Waals surface area contributed by atoms with Crippen molar-refractivity contribution in [1.82, 2.24) is 5.32 Å². The molecule has 0 spiro atoms. The number of hydrogen-bond donors (Lipinski definition) is 2. The van der Waals surface area contributed by atoms with Crippen molar-refractivity contribution in [3.63, 3.8) is 0 Å². The standard InChI is InChI=1S/C36H47NO4/c1-6-7-8-9-10-28-11-13-29(14-12-28)24-41-32-17-15-30(16-18-35(38)39)33(23-32)36(40)37-34(19-25(2)3)31-21-26(4)20-27(5)22-31/h11-15,17,20-23,25,34H,6-10,16,18-19,24H2,1-5H3,(H,37,40)(H,38,39). The van der Waals surface area contributed by atoms with Crippen LogP contribution in [-0.4, -0.2) is 17.0 Å². The summed E-state index contributed by atoms with van der Waals surface area (Å²) in [7, 11) is 0. The number of benzene rings is 3. The second-order valence-corrected chi connectivity index (χ2v) is 11.7. The lowest BCUT2D eigenvalue weighted by Gasteiger charge is -2.23. The first-order valence-electron chi connectivity index (χ1n) is 15.1. The fourth-order valence-corrected chi connectivity index (χ4v) is 5.24. The summed E-state index contributed by atoms with van der Waals surface area (Å²) >= 11 is 0. The van der Waals surface area contributed by atoms with Crippen molar-refractivity contribution in [3.05, 3.63) is 99.6 Å². The first-order chi connectivity index (χ1) is 19.6. The summed E-state index contributed by atoms with van der Waals surface area (Å²) in [6.07, 6.45) is 7.12. The molecule has 41 heavy (non-hydrogen) atoms. The lowest BCUT2D eigenvalue weighted by molar-refractivity contribution is -0.136. The van der Waals surface area contributed by atoms with Crippen molar-refractivity contribution in [3.8, 4) is 5.75 Å². The molecule has 0 aliphatic rings. The van der Waals surface area contributed by atoms with Gasteiger partial charge in [-0.05, 0) is 79.8 Å². The van der Waals surface area contributed by atoms with E-state index in [9.17, 15) is 14.7 Å². The highest BCUT2D eigenvalue weighted by atomic mass is 16.5. The molecular formula is C36H47NO4. The Hall–Kier alpha value is -3.60. The van der Waals surface area contributed by atoms with Gasteiger partial charge in [-0.25, -0.2) is 0 Å². The third-order valence-corrected chi connectivity index (χ3v) is 7.34. The Kier molecular flexibility index (Phi) is 12.5. The quantitative estimate of drug-likeness (QED) is 0.173. The number of carbonyl (C=O) groups excluding carboxylic acids is 1. The van der Waals surface area contributed by atoms with E-state index in [1.54, 1.807) is 6.07 Å². The van der Waals surface area contributed by atoms with E-state index >= 15 is 0 Å². The van der Waals surface area contributed by atoms with Gasteiger partial charge in [0.05, 0.1) is 6.04 Å².